The fourth-order valence-electron chi connectivity index (χ4n) is 1.39. The van der Waals surface area contributed by atoms with E-state index in [0.717, 1.165) is 6.21 Å². The lowest BCUT2D eigenvalue weighted by molar-refractivity contribution is -0.132. The number of carbonyl (C=O) groups is 3. The summed E-state index contributed by atoms with van der Waals surface area (Å²) in [4.78, 5) is 37.4. The van der Waals surface area contributed by atoms with Crippen LogP contribution in [0.5, 0.6) is 5.75 Å². The molecule has 0 saturated carbocycles. The number of aliphatic imine (C=N–C) groups is 1. The van der Waals surface area contributed by atoms with E-state index in [1.165, 1.54) is 12.1 Å². The van der Waals surface area contributed by atoms with E-state index in [4.69, 9.17) is 0 Å². The fraction of sp³-hybridized carbons (Fsp3) is 0.0909. The number of imide groups is 2. The van der Waals surface area contributed by atoms with Crippen molar-refractivity contribution in [3.8, 4) is 5.75 Å². The lowest BCUT2D eigenvalue weighted by Crippen LogP contribution is -2.56. The normalized spacial score (nSPS) is 16.8. The number of carbonyl (C=O) groups excluding carboxylic acids is 3. The Morgan fingerprint density at radius 3 is 2.33 bits per heavy atom. The maximum absolute atomic E-state index is 11.4. The summed E-state index contributed by atoms with van der Waals surface area (Å²) < 4.78 is 0. The Labute approximate surface area is 102 Å². The van der Waals surface area contributed by atoms with Crippen LogP contribution in [0.4, 0.5) is 10.5 Å². The average molecular weight is 247 g/mol. The molecular weight excluding hydrogens is 238 g/mol. The SMILES string of the molecule is O=C1NC(=O)C(C=Nc2ccccc2O)C(=O)N1. The van der Waals surface area contributed by atoms with Crippen molar-refractivity contribution in [1.29, 1.82) is 0 Å². The number of hydrogen-bond acceptors (Lipinski definition) is 5. The van der Waals surface area contributed by atoms with Gasteiger partial charge in [0.15, 0.2) is 5.92 Å². The predicted octanol–water partition coefficient (Wildman–Crippen LogP) is 0.0767. The predicted molar refractivity (Wildman–Crippen MR) is 61.4 cm³/mol. The molecule has 7 nitrogen and oxygen atoms in total. The third-order valence-electron chi connectivity index (χ3n) is 2.28. The number of phenols is 1. The van der Waals surface area contributed by atoms with Gasteiger partial charge in [-0.25, -0.2) is 4.79 Å². The van der Waals surface area contributed by atoms with Gasteiger partial charge in [-0.05, 0) is 12.1 Å². The second-order valence-electron chi connectivity index (χ2n) is 3.55. The van der Waals surface area contributed by atoms with Gasteiger partial charge in [-0.15, -0.1) is 0 Å². The van der Waals surface area contributed by atoms with E-state index in [1.54, 1.807) is 12.1 Å². The molecule has 7 heteroatoms. The van der Waals surface area contributed by atoms with E-state index >= 15 is 0 Å². The molecule has 1 aliphatic heterocycles. The zero-order valence-corrected chi connectivity index (χ0v) is 9.08. The van der Waals surface area contributed by atoms with Crippen LogP contribution in [0.2, 0.25) is 0 Å². The highest BCUT2D eigenvalue weighted by Crippen LogP contribution is 2.24. The number of aromatic hydroxyl groups is 1. The molecule has 1 aromatic carbocycles. The van der Waals surface area contributed by atoms with Crippen LogP contribution in [0.3, 0.4) is 0 Å². The molecule has 0 unspecified atom stereocenters. The van der Waals surface area contributed by atoms with Crippen LogP contribution in [0.25, 0.3) is 0 Å². The molecule has 1 fully saturated rings. The summed E-state index contributed by atoms with van der Waals surface area (Å²) in [5.74, 6) is -2.75. The zero-order chi connectivity index (χ0) is 13.1. The monoisotopic (exact) mass is 247 g/mol. The number of nitrogens with zero attached hydrogens (tertiary/aromatic N) is 1. The lowest BCUT2D eigenvalue weighted by atomic mass is 10.1. The van der Waals surface area contributed by atoms with Gasteiger partial charge in [0.25, 0.3) is 0 Å². The Morgan fingerprint density at radius 2 is 1.72 bits per heavy atom. The summed E-state index contributed by atoms with van der Waals surface area (Å²) in [5, 5.41) is 13.3. The van der Waals surface area contributed by atoms with Crippen molar-refractivity contribution in [1.82, 2.24) is 10.6 Å². The van der Waals surface area contributed by atoms with Gasteiger partial charge in [0.1, 0.15) is 11.4 Å². The van der Waals surface area contributed by atoms with Crippen molar-refractivity contribution in [3.63, 3.8) is 0 Å². The molecule has 18 heavy (non-hydrogen) atoms. The highest BCUT2D eigenvalue weighted by atomic mass is 16.3. The van der Waals surface area contributed by atoms with E-state index in [-0.39, 0.29) is 11.4 Å². The molecule has 1 saturated heterocycles. The van der Waals surface area contributed by atoms with E-state index in [2.05, 4.69) is 4.99 Å². The average Bonchev–Trinajstić information content (AvgIpc) is 2.30. The van der Waals surface area contributed by atoms with E-state index in [0.29, 0.717) is 0 Å². The molecule has 0 aliphatic carbocycles. The topological polar surface area (TPSA) is 108 Å². The van der Waals surface area contributed by atoms with Crippen LogP contribution < -0.4 is 10.6 Å². The van der Waals surface area contributed by atoms with Crippen LogP contribution >= 0.6 is 0 Å². The number of nitrogens with one attached hydrogen (secondary N) is 2. The van der Waals surface area contributed by atoms with Gasteiger partial charge in [0.05, 0.1) is 0 Å². The molecule has 1 aliphatic rings. The second-order valence-corrected chi connectivity index (χ2v) is 3.55. The van der Waals surface area contributed by atoms with Crippen molar-refractivity contribution in [3.05, 3.63) is 24.3 Å². The first kappa shape index (κ1) is 11.8. The summed E-state index contributed by atoms with van der Waals surface area (Å²) >= 11 is 0. The summed E-state index contributed by atoms with van der Waals surface area (Å²) in [6, 6.07) is 5.37. The number of phenolic OH excluding ortho intramolecular Hbond substituents is 1. The molecule has 3 N–H and O–H groups in total. The Kier molecular flexibility index (Phi) is 3.05. The van der Waals surface area contributed by atoms with Crippen LogP contribution in [0, 0.1) is 5.92 Å². The Bertz CT molecular complexity index is 533. The van der Waals surface area contributed by atoms with Crippen molar-refractivity contribution >= 4 is 29.7 Å². The molecule has 2 rings (SSSR count). The molecule has 4 amide bonds. The molecule has 0 aromatic heterocycles. The molecule has 92 valence electrons. The number of hydrogen-bond donors (Lipinski definition) is 3. The third-order valence-corrected chi connectivity index (χ3v) is 2.28. The van der Waals surface area contributed by atoms with Crippen LogP contribution in [0.15, 0.2) is 29.3 Å². The summed E-state index contributed by atoms with van der Waals surface area (Å²) in [6.07, 6.45) is 1.08. The first-order valence-electron chi connectivity index (χ1n) is 5.06. The third kappa shape index (κ3) is 2.34. The number of rotatable bonds is 2. The second kappa shape index (κ2) is 4.66. The molecule has 0 bridgehead atoms. The lowest BCUT2D eigenvalue weighted by Gasteiger charge is -2.16. The number of amides is 4. The highest BCUT2D eigenvalue weighted by molar-refractivity contribution is 6.23. The number of barbiturate groups is 1. The van der Waals surface area contributed by atoms with Crippen molar-refractivity contribution < 1.29 is 19.5 Å². The van der Waals surface area contributed by atoms with Gasteiger partial charge in [-0.1, -0.05) is 12.1 Å². The smallest absolute Gasteiger partial charge is 0.328 e. The van der Waals surface area contributed by atoms with Crippen molar-refractivity contribution in [2.45, 2.75) is 0 Å². The Hall–Kier alpha value is -2.70. The maximum atomic E-state index is 11.4. The zero-order valence-electron chi connectivity index (χ0n) is 9.08. The van der Waals surface area contributed by atoms with Gasteiger partial charge in [0, 0.05) is 6.21 Å². The number of para-hydroxylation sites is 2. The van der Waals surface area contributed by atoms with Gasteiger partial charge < -0.3 is 5.11 Å². The molecule has 0 radical (unpaired) electrons. The van der Waals surface area contributed by atoms with Gasteiger partial charge in [0.2, 0.25) is 11.8 Å². The molecule has 0 atom stereocenters. The van der Waals surface area contributed by atoms with Gasteiger partial charge >= 0.3 is 6.03 Å². The van der Waals surface area contributed by atoms with Gasteiger partial charge in [-0.2, -0.15) is 0 Å². The van der Waals surface area contributed by atoms with Crippen molar-refractivity contribution in [2.75, 3.05) is 0 Å². The van der Waals surface area contributed by atoms with Gasteiger partial charge in [-0.3, -0.25) is 25.2 Å². The number of benzene rings is 1. The Morgan fingerprint density at radius 1 is 1.11 bits per heavy atom. The summed E-state index contributed by atoms with van der Waals surface area (Å²) in [7, 11) is 0. The minimum absolute atomic E-state index is 0.0681. The molecule has 0 spiro atoms. The Balaban J connectivity index is 2.19. The van der Waals surface area contributed by atoms with Crippen LogP contribution in [0.1, 0.15) is 0 Å². The molecular formula is C11H9N3O4. The first-order chi connectivity index (χ1) is 8.58. The van der Waals surface area contributed by atoms with Crippen LogP contribution in [-0.2, 0) is 9.59 Å². The van der Waals surface area contributed by atoms with Crippen molar-refractivity contribution in [2.24, 2.45) is 10.9 Å². The van der Waals surface area contributed by atoms with E-state index in [9.17, 15) is 19.5 Å². The molecule has 1 heterocycles. The maximum Gasteiger partial charge on any atom is 0.328 e. The number of urea groups is 1. The quantitative estimate of drug-likeness (QED) is 0.508. The fourth-order valence-corrected chi connectivity index (χ4v) is 1.39. The minimum atomic E-state index is -1.19. The summed E-state index contributed by atoms with van der Waals surface area (Å²) in [5.41, 5.74) is 0.231. The highest BCUT2D eigenvalue weighted by Gasteiger charge is 2.32. The summed E-state index contributed by atoms with van der Waals surface area (Å²) in [6.45, 7) is 0. The standard InChI is InChI=1S/C11H9N3O4/c15-8-4-2-1-3-7(8)12-5-6-9(16)13-11(18)14-10(6)17/h1-6,15H,(H2,13,14,16,17,18). The molecule has 1 aromatic rings. The largest absolute Gasteiger partial charge is 0.506 e. The minimum Gasteiger partial charge on any atom is -0.506 e. The van der Waals surface area contributed by atoms with Crippen LogP contribution in [-0.4, -0.2) is 29.2 Å². The van der Waals surface area contributed by atoms with E-state index in [1.807, 2.05) is 10.6 Å². The van der Waals surface area contributed by atoms with E-state index < -0.39 is 23.8 Å². The first-order valence-corrected chi connectivity index (χ1v) is 5.06.